The van der Waals surface area contributed by atoms with Gasteiger partial charge in [-0.05, 0) is 38.1 Å². The van der Waals surface area contributed by atoms with Crippen LogP contribution in [0.3, 0.4) is 0 Å². The largest absolute Gasteiger partial charge is 0.493 e. The van der Waals surface area contributed by atoms with Crippen LogP contribution in [0.15, 0.2) is 36.4 Å². The molecule has 0 aliphatic heterocycles. The second kappa shape index (κ2) is 6.08. The molecule has 102 valence electrons. The molecule has 1 aromatic carbocycles. The molecule has 3 nitrogen and oxygen atoms in total. The summed E-state index contributed by atoms with van der Waals surface area (Å²) in [5.74, 6) is 1.44. The van der Waals surface area contributed by atoms with Gasteiger partial charge in [0.25, 0.3) is 0 Å². The topological polar surface area (TPSA) is 44.5 Å². The fourth-order valence-electron chi connectivity index (χ4n) is 1.88. The highest BCUT2D eigenvalue weighted by molar-refractivity contribution is 7.12. The van der Waals surface area contributed by atoms with E-state index in [0.29, 0.717) is 0 Å². The molecule has 2 rings (SSSR count). The number of para-hydroxylation sites is 2. The Kier molecular flexibility index (Phi) is 4.45. The van der Waals surface area contributed by atoms with Crippen LogP contribution < -0.4 is 15.2 Å². The molecule has 1 heterocycles. The average molecular weight is 277 g/mol. The Hall–Kier alpha value is -1.52. The fourth-order valence-corrected chi connectivity index (χ4v) is 2.91. The van der Waals surface area contributed by atoms with Gasteiger partial charge in [-0.2, -0.15) is 0 Å². The van der Waals surface area contributed by atoms with Crippen LogP contribution in [0.4, 0.5) is 0 Å². The van der Waals surface area contributed by atoms with E-state index >= 15 is 0 Å². The molecule has 0 aliphatic rings. The lowest BCUT2D eigenvalue weighted by Gasteiger charge is -2.22. The number of aryl methyl sites for hydroxylation is 1. The van der Waals surface area contributed by atoms with E-state index in [4.69, 9.17) is 15.2 Å². The summed E-state index contributed by atoms with van der Waals surface area (Å²) in [6, 6.07) is 11.7. The van der Waals surface area contributed by atoms with E-state index in [1.165, 1.54) is 4.88 Å². The van der Waals surface area contributed by atoms with Gasteiger partial charge in [-0.3, -0.25) is 0 Å². The lowest BCUT2D eigenvalue weighted by molar-refractivity contribution is 0.176. The van der Waals surface area contributed by atoms with Gasteiger partial charge in [-0.25, -0.2) is 0 Å². The van der Waals surface area contributed by atoms with E-state index in [-0.39, 0.29) is 12.1 Å². The van der Waals surface area contributed by atoms with Gasteiger partial charge in [0.1, 0.15) is 6.10 Å². The van der Waals surface area contributed by atoms with Crippen molar-refractivity contribution >= 4 is 11.3 Å². The van der Waals surface area contributed by atoms with Crippen LogP contribution in [-0.4, -0.2) is 13.2 Å². The van der Waals surface area contributed by atoms with Gasteiger partial charge in [0.05, 0.1) is 7.11 Å². The molecule has 2 unspecified atom stereocenters. The maximum Gasteiger partial charge on any atom is 0.162 e. The van der Waals surface area contributed by atoms with Gasteiger partial charge in [0, 0.05) is 15.8 Å². The maximum atomic E-state index is 6.06. The molecule has 0 aliphatic carbocycles. The van der Waals surface area contributed by atoms with Crippen LogP contribution in [0.25, 0.3) is 0 Å². The van der Waals surface area contributed by atoms with E-state index in [1.807, 2.05) is 31.2 Å². The molecule has 2 aromatic rings. The van der Waals surface area contributed by atoms with Crippen molar-refractivity contribution in [2.45, 2.75) is 26.0 Å². The van der Waals surface area contributed by atoms with Gasteiger partial charge in [-0.15, -0.1) is 11.3 Å². The molecule has 0 saturated heterocycles. The Balaban J connectivity index is 2.26. The molecule has 0 bridgehead atoms. The Labute approximate surface area is 118 Å². The van der Waals surface area contributed by atoms with Crippen molar-refractivity contribution in [1.82, 2.24) is 0 Å². The van der Waals surface area contributed by atoms with Gasteiger partial charge >= 0.3 is 0 Å². The molecule has 4 heteroatoms. The fraction of sp³-hybridized carbons (Fsp3) is 0.333. The first kappa shape index (κ1) is 13.9. The third kappa shape index (κ3) is 3.28. The van der Waals surface area contributed by atoms with Crippen molar-refractivity contribution in [3.63, 3.8) is 0 Å². The number of rotatable bonds is 5. The lowest BCUT2D eigenvalue weighted by atomic mass is 10.1. The first-order valence-electron chi connectivity index (χ1n) is 6.23. The van der Waals surface area contributed by atoms with Crippen LogP contribution in [0.1, 0.15) is 22.8 Å². The van der Waals surface area contributed by atoms with E-state index in [9.17, 15) is 0 Å². The summed E-state index contributed by atoms with van der Waals surface area (Å²) in [6.45, 7) is 4.03. The van der Waals surface area contributed by atoms with Crippen molar-refractivity contribution in [2.24, 2.45) is 5.73 Å². The first-order valence-corrected chi connectivity index (χ1v) is 7.05. The van der Waals surface area contributed by atoms with Crippen LogP contribution in [0, 0.1) is 6.92 Å². The van der Waals surface area contributed by atoms with Crippen molar-refractivity contribution < 1.29 is 9.47 Å². The minimum Gasteiger partial charge on any atom is -0.493 e. The number of ether oxygens (including phenoxy) is 2. The molecule has 0 fully saturated rings. The summed E-state index contributed by atoms with van der Waals surface area (Å²) in [6.07, 6.45) is -0.157. The average Bonchev–Trinajstić information content (AvgIpc) is 2.82. The summed E-state index contributed by atoms with van der Waals surface area (Å²) in [5.41, 5.74) is 6.06. The molecule has 0 spiro atoms. The Bertz CT molecular complexity index is 536. The summed E-state index contributed by atoms with van der Waals surface area (Å²) in [7, 11) is 1.64. The number of methoxy groups -OCH3 is 1. The van der Waals surface area contributed by atoms with E-state index < -0.39 is 0 Å². The zero-order valence-corrected chi connectivity index (χ0v) is 12.2. The van der Waals surface area contributed by atoms with Crippen LogP contribution in [-0.2, 0) is 0 Å². The Morgan fingerprint density at radius 3 is 2.32 bits per heavy atom. The molecule has 2 atom stereocenters. The monoisotopic (exact) mass is 277 g/mol. The molecule has 1 aromatic heterocycles. The van der Waals surface area contributed by atoms with Crippen LogP contribution in [0.2, 0.25) is 0 Å². The molecule has 0 amide bonds. The van der Waals surface area contributed by atoms with Gasteiger partial charge in [0.2, 0.25) is 0 Å². The molecule has 0 saturated carbocycles. The highest BCUT2D eigenvalue weighted by Crippen LogP contribution is 2.34. The summed E-state index contributed by atoms with van der Waals surface area (Å²) >= 11 is 1.71. The van der Waals surface area contributed by atoms with E-state index in [1.54, 1.807) is 18.4 Å². The Morgan fingerprint density at radius 1 is 1.11 bits per heavy atom. The minimum absolute atomic E-state index is 0.0945. The standard InChI is InChI=1S/C15H19NO2S/c1-10-8-9-14(19-10)15(11(2)16)18-13-7-5-4-6-12(13)17-3/h4-9,11,15H,16H2,1-3H3. The number of thiophene rings is 1. The third-order valence-electron chi connectivity index (χ3n) is 2.84. The number of hydrogen-bond donors (Lipinski definition) is 1. The van der Waals surface area contributed by atoms with Gasteiger partial charge < -0.3 is 15.2 Å². The summed E-state index contributed by atoms with van der Waals surface area (Å²) < 4.78 is 11.4. The maximum absolute atomic E-state index is 6.06. The van der Waals surface area contributed by atoms with Crippen LogP contribution >= 0.6 is 11.3 Å². The number of nitrogens with two attached hydrogens (primary N) is 1. The second-order valence-corrected chi connectivity index (χ2v) is 5.82. The number of hydrogen-bond acceptors (Lipinski definition) is 4. The van der Waals surface area contributed by atoms with Crippen molar-refractivity contribution in [3.8, 4) is 11.5 Å². The van der Waals surface area contributed by atoms with Gasteiger partial charge in [0.15, 0.2) is 11.5 Å². The minimum atomic E-state index is -0.157. The highest BCUT2D eigenvalue weighted by atomic mass is 32.1. The first-order chi connectivity index (χ1) is 9.11. The summed E-state index contributed by atoms with van der Waals surface area (Å²) in [5, 5.41) is 0. The SMILES string of the molecule is COc1ccccc1OC(c1ccc(C)s1)C(C)N. The Morgan fingerprint density at radius 2 is 1.79 bits per heavy atom. The van der Waals surface area contributed by atoms with Crippen LogP contribution in [0.5, 0.6) is 11.5 Å². The molecular formula is C15H19NO2S. The predicted molar refractivity (Wildman–Crippen MR) is 79.1 cm³/mol. The smallest absolute Gasteiger partial charge is 0.162 e. The zero-order valence-electron chi connectivity index (χ0n) is 11.4. The molecular weight excluding hydrogens is 258 g/mol. The van der Waals surface area contributed by atoms with Gasteiger partial charge in [-0.1, -0.05) is 12.1 Å². The quantitative estimate of drug-likeness (QED) is 0.909. The third-order valence-corrected chi connectivity index (χ3v) is 3.90. The van der Waals surface area contributed by atoms with E-state index in [2.05, 4.69) is 19.1 Å². The number of benzene rings is 1. The molecule has 2 N–H and O–H groups in total. The normalized spacial score (nSPS) is 13.9. The molecule has 0 radical (unpaired) electrons. The second-order valence-electron chi connectivity index (χ2n) is 4.50. The predicted octanol–water partition coefficient (Wildman–Crippen LogP) is 3.53. The van der Waals surface area contributed by atoms with Crippen molar-refractivity contribution in [1.29, 1.82) is 0 Å². The summed E-state index contributed by atoms with van der Waals surface area (Å²) in [4.78, 5) is 2.39. The van der Waals surface area contributed by atoms with Crippen molar-refractivity contribution in [2.75, 3.05) is 7.11 Å². The van der Waals surface area contributed by atoms with Crippen molar-refractivity contribution in [3.05, 3.63) is 46.2 Å². The molecule has 19 heavy (non-hydrogen) atoms. The van der Waals surface area contributed by atoms with E-state index in [0.717, 1.165) is 16.4 Å². The highest BCUT2D eigenvalue weighted by Gasteiger charge is 2.21. The lowest BCUT2D eigenvalue weighted by Crippen LogP contribution is -2.28. The zero-order chi connectivity index (χ0) is 13.8.